The fraction of sp³-hybridized carbons (Fsp3) is 0.381. The van der Waals surface area contributed by atoms with Crippen molar-refractivity contribution in [3.63, 3.8) is 0 Å². The molecule has 0 unspecified atom stereocenters. The summed E-state index contributed by atoms with van der Waals surface area (Å²) in [6.07, 6.45) is 1.71. The van der Waals surface area contributed by atoms with Gasteiger partial charge in [0.2, 0.25) is 5.91 Å². The van der Waals surface area contributed by atoms with Crippen LogP contribution >= 0.6 is 0 Å². The largest absolute Gasteiger partial charge is 0.493 e. The molecule has 1 saturated heterocycles. The number of amides is 2. The SMILES string of the molecule is CCOC(=O)N1CCN(c2ccc(NC(=O)CCOc3ccccc3)nc2)CC1. The lowest BCUT2D eigenvalue weighted by molar-refractivity contribution is -0.116. The Balaban J connectivity index is 1.42. The average Bonchev–Trinajstić information content (AvgIpc) is 2.75. The molecule has 29 heavy (non-hydrogen) atoms. The lowest BCUT2D eigenvalue weighted by Crippen LogP contribution is -2.49. The summed E-state index contributed by atoms with van der Waals surface area (Å²) in [4.78, 5) is 32.0. The molecule has 0 bridgehead atoms. The van der Waals surface area contributed by atoms with Crippen LogP contribution in [0.3, 0.4) is 0 Å². The molecule has 0 saturated carbocycles. The van der Waals surface area contributed by atoms with Crippen molar-refractivity contribution < 1.29 is 19.1 Å². The van der Waals surface area contributed by atoms with E-state index in [1.165, 1.54) is 0 Å². The normalized spacial score (nSPS) is 13.7. The second-order valence-electron chi connectivity index (χ2n) is 6.53. The van der Waals surface area contributed by atoms with Crippen molar-refractivity contribution in [3.05, 3.63) is 48.7 Å². The van der Waals surface area contributed by atoms with Crippen LogP contribution in [-0.4, -0.2) is 61.3 Å². The van der Waals surface area contributed by atoms with Gasteiger partial charge in [0.1, 0.15) is 11.6 Å². The molecule has 1 aromatic carbocycles. The Morgan fingerprint density at radius 1 is 1.07 bits per heavy atom. The van der Waals surface area contributed by atoms with Crippen LogP contribution in [0.1, 0.15) is 13.3 Å². The highest BCUT2D eigenvalue weighted by atomic mass is 16.6. The van der Waals surface area contributed by atoms with Crippen LogP contribution in [0.2, 0.25) is 0 Å². The molecule has 154 valence electrons. The van der Waals surface area contributed by atoms with Crippen LogP contribution < -0.4 is 15.0 Å². The Kier molecular flexibility index (Phi) is 7.27. The van der Waals surface area contributed by atoms with Crippen LogP contribution in [0.25, 0.3) is 0 Å². The molecule has 8 nitrogen and oxygen atoms in total. The third-order valence-corrected chi connectivity index (χ3v) is 4.53. The highest BCUT2D eigenvalue weighted by Crippen LogP contribution is 2.18. The number of anilines is 2. The molecule has 1 aliphatic rings. The monoisotopic (exact) mass is 398 g/mol. The van der Waals surface area contributed by atoms with Crippen LogP contribution in [0.15, 0.2) is 48.7 Å². The van der Waals surface area contributed by atoms with Gasteiger partial charge in [-0.15, -0.1) is 0 Å². The van der Waals surface area contributed by atoms with Crippen molar-refractivity contribution in [1.82, 2.24) is 9.88 Å². The van der Waals surface area contributed by atoms with Gasteiger partial charge >= 0.3 is 6.09 Å². The summed E-state index contributed by atoms with van der Waals surface area (Å²) < 4.78 is 10.6. The summed E-state index contributed by atoms with van der Waals surface area (Å²) in [5, 5.41) is 2.78. The number of pyridine rings is 1. The molecule has 1 aliphatic heterocycles. The second-order valence-corrected chi connectivity index (χ2v) is 6.53. The maximum atomic E-state index is 12.1. The third-order valence-electron chi connectivity index (χ3n) is 4.53. The molecule has 2 amide bonds. The zero-order chi connectivity index (χ0) is 20.5. The number of hydrogen-bond acceptors (Lipinski definition) is 6. The van der Waals surface area contributed by atoms with E-state index >= 15 is 0 Å². The van der Waals surface area contributed by atoms with Crippen molar-refractivity contribution in [2.45, 2.75) is 13.3 Å². The lowest BCUT2D eigenvalue weighted by Gasteiger charge is -2.35. The van der Waals surface area contributed by atoms with Gasteiger partial charge in [0.25, 0.3) is 0 Å². The number of aromatic nitrogens is 1. The number of carbonyl (C=O) groups excluding carboxylic acids is 2. The first-order valence-corrected chi connectivity index (χ1v) is 9.76. The van der Waals surface area contributed by atoms with Crippen LogP contribution in [0.4, 0.5) is 16.3 Å². The van der Waals surface area contributed by atoms with Gasteiger partial charge in [-0.25, -0.2) is 9.78 Å². The summed E-state index contributed by atoms with van der Waals surface area (Å²) in [5.74, 6) is 1.10. The molecule has 2 heterocycles. The summed E-state index contributed by atoms with van der Waals surface area (Å²) in [5.41, 5.74) is 0.957. The van der Waals surface area contributed by atoms with Gasteiger partial charge in [-0.1, -0.05) is 18.2 Å². The fourth-order valence-electron chi connectivity index (χ4n) is 2.99. The number of benzene rings is 1. The molecule has 0 radical (unpaired) electrons. The van der Waals surface area contributed by atoms with Crippen LogP contribution in [0, 0.1) is 0 Å². The maximum Gasteiger partial charge on any atom is 0.409 e. The number of hydrogen-bond donors (Lipinski definition) is 1. The van der Waals surface area contributed by atoms with Gasteiger partial charge in [0, 0.05) is 26.2 Å². The first-order valence-electron chi connectivity index (χ1n) is 9.76. The van der Waals surface area contributed by atoms with Gasteiger partial charge in [-0.05, 0) is 31.2 Å². The van der Waals surface area contributed by atoms with Gasteiger partial charge < -0.3 is 24.6 Å². The van der Waals surface area contributed by atoms with Gasteiger partial charge in [0.05, 0.1) is 31.5 Å². The van der Waals surface area contributed by atoms with Crippen molar-refractivity contribution in [2.24, 2.45) is 0 Å². The van der Waals surface area contributed by atoms with E-state index in [2.05, 4.69) is 15.2 Å². The minimum absolute atomic E-state index is 0.149. The number of nitrogens with zero attached hydrogens (tertiary/aromatic N) is 3. The average molecular weight is 398 g/mol. The third kappa shape index (κ3) is 6.10. The highest BCUT2D eigenvalue weighted by molar-refractivity contribution is 5.89. The second kappa shape index (κ2) is 10.3. The molecular formula is C21H26N4O4. The van der Waals surface area contributed by atoms with E-state index in [4.69, 9.17) is 9.47 Å². The lowest BCUT2D eigenvalue weighted by atomic mass is 10.3. The molecule has 1 aromatic heterocycles. The number of para-hydroxylation sites is 1. The molecule has 0 spiro atoms. The topological polar surface area (TPSA) is 84.0 Å². The zero-order valence-corrected chi connectivity index (χ0v) is 16.5. The van der Waals surface area contributed by atoms with E-state index in [1.54, 1.807) is 24.1 Å². The Morgan fingerprint density at radius 2 is 1.83 bits per heavy atom. The first kappa shape index (κ1) is 20.4. The molecule has 2 aromatic rings. The molecule has 1 fully saturated rings. The number of nitrogens with one attached hydrogen (secondary N) is 1. The van der Waals surface area contributed by atoms with Crippen molar-refractivity contribution >= 4 is 23.5 Å². The standard InChI is InChI=1S/C21H26N4O4/c1-2-28-21(27)25-13-11-24(12-14-25)17-8-9-19(22-16-17)23-20(26)10-15-29-18-6-4-3-5-7-18/h3-9,16H,2,10-15H2,1H3,(H,22,23,26). The van der Waals surface area contributed by atoms with E-state index in [1.807, 2.05) is 36.4 Å². The van der Waals surface area contributed by atoms with Crippen molar-refractivity contribution in [1.29, 1.82) is 0 Å². The van der Waals surface area contributed by atoms with E-state index in [0.29, 0.717) is 45.2 Å². The molecule has 0 aliphatic carbocycles. The Hall–Kier alpha value is -3.29. The number of rotatable bonds is 7. The Labute approximate surface area is 170 Å². The first-order chi connectivity index (χ1) is 14.2. The molecule has 3 rings (SSSR count). The molecule has 0 atom stereocenters. The Morgan fingerprint density at radius 3 is 2.48 bits per heavy atom. The van der Waals surface area contributed by atoms with Crippen molar-refractivity contribution in [2.75, 3.05) is 49.6 Å². The number of piperazine rings is 1. The van der Waals surface area contributed by atoms with E-state index in [-0.39, 0.29) is 18.4 Å². The predicted octanol–water partition coefficient (Wildman–Crippen LogP) is 2.77. The van der Waals surface area contributed by atoms with E-state index < -0.39 is 0 Å². The minimum atomic E-state index is -0.264. The quantitative estimate of drug-likeness (QED) is 0.772. The van der Waals surface area contributed by atoms with Gasteiger partial charge in [0.15, 0.2) is 0 Å². The predicted molar refractivity (Wildman–Crippen MR) is 110 cm³/mol. The summed E-state index contributed by atoms with van der Waals surface area (Å²) >= 11 is 0. The Bertz CT molecular complexity index is 790. The summed E-state index contributed by atoms with van der Waals surface area (Å²) in [7, 11) is 0. The minimum Gasteiger partial charge on any atom is -0.493 e. The zero-order valence-electron chi connectivity index (χ0n) is 16.5. The summed E-state index contributed by atoms with van der Waals surface area (Å²) in [6.45, 7) is 5.13. The summed E-state index contributed by atoms with van der Waals surface area (Å²) in [6, 6.07) is 13.1. The van der Waals surface area contributed by atoms with Crippen LogP contribution in [-0.2, 0) is 9.53 Å². The maximum absolute atomic E-state index is 12.1. The fourth-order valence-corrected chi connectivity index (χ4v) is 2.99. The van der Waals surface area contributed by atoms with Crippen molar-refractivity contribution in [3.8, 4) is 5.75 Å². The van der Waals surface area contributed by atoms with E-state index in [0.717, 1.165) is 11.4 Å². The number of carbonyl (C=O) groups is 2. The molecular weight excluding hydrogens is 372 g/mol. The smallest absolute Gasteiger partial charge is 0.409 e. The van der Waals surface area contributed by atoms with E-state index in [9.17, 15) is 9.59 Å². The molecule has 8 heteroatoms. The van der Waals surface area contributed by atoms with Crippen LogP contribution in [0.5, 0.6) is 5.75 Å². The van der Waals surface area contributed by atoms with Gasteiger partial charge in [-0.2, -0.15) is 0 Å². The highest BCUT2D eigenvalue weighted by Gasteiger charge is 2.22. The molecule has 1 N–H and O–H groups in total. The number of ether oxygens (including phenoxy) is 2. The van der Waals surface area contributed by atoms with Gasteiger partial charge in [-0.3, -0.25) is 4.79 Å².